The normalized spacial score (nSPS) is 31.1. The molecule has 2 bridgehead atoms. The summed E-state index contributed by atoms with van der Waals surface area (Å²) >= 11 is 0. The van der Waals surface area contributed by atoms with Crippen LogP contribution in [0.4, 0.5) is 0 Å². The fourth-order valence-electron chi connectivity index (χ4n) is 2.96. The van der Waals surface area contributed by atoms with Crippen LogP contribution < -0.4 is 4.74 Å². The Bertz CT molecular complexity index is 407. The van der Waals surface area contributed by atoms with Crippen LogP contribution >= 0.6 is 0 Å². The third kappa shape index (κ3) is 2.14. The third-order valence-corrected chi connectivity index (χ3v) is 3.70. The molecule has 2 aliphatic heterocycles. The van der Waals surface area contributed by atoms with Gasteiger partial charge in [0.15, 0.2) is 0 Å². The topological polar surface area (TPSA) is 38.2 Å². The summed E-state index contributed by atoms with van der Waals surface area (Å²) in [4.78, 5) is 11.4. The molecule has 2 saturated heterocycles. The van der Waals surface area contributed by atoms with Crippen molar-refractivity contribution in [2.24, 2.45) is 5.92 Å². The summed E-state index contributed by atoms with van der Waals surface area (Å²) in [5, 5.41) is 0. The molecule has 0 aliphatic carbocycles. The SMILES string of the molecule is CC(C)Oc1cncc([C@@H]2CN3CC[C@@H]2C3)n1. The van der Waals surface area contributed by atoms with Gasteiger partial charge in [-0.1, -0.05) is 0 Å². The Labute approximate surface area is 102 Å². The highest BCUT2D eigenvalue weighted by Crippen LogP contribution is 2.38. The van der Waals surface area contributed by atoms with Gasteiger partial charge >= 0.3 is 0 Å². The predicted octanol–water partition coefficient (Wildman–Crippen LogP) is 1.68. The lowest BCUT2D eigenvalue weighted by Gasteiger charge is -2.21. The number of ether oxygens (including phenoxy) is 1. The molecule has 1 unspecified atom stereocenters. The van der Waals surface area contributed by atoms with E-state index in [-0.39, 0.29) is 6.10 Å². The number of rotatable bonds is 3. The van der Waals surface area contributed by atoms with E-state index in [1.54, 1.807) is 6.20 Å². The van der Waals surface area contributed by atoms with Crippen molar-refractivity contribution < 1.29 is 4.74 Å². The highest BCUT2D eigenvalue weighted by molar-refractivity contribution is 5.17. The molecule has 4 nitrogen and oxygen atoms in total. The van der Waals surface area contributed by atoms with Gasteiger partial charge in [-0.2, -0.15) is 0 Å². The minimum atomic E-state index is 0.156. The maximum Gasteiger partial charge on any atom is 0.232 e. The first kappa shape index (κ1) is 11.0. The van der Waals surface area contributed by atoms with Crippen molar-refractivity contribution in [3.8, 4) is 5.88 Å². The van der Waals surface area contributed by atoms with Crippen LogP contribution in [0, 0.1) is 5.92 Å². The van der Waals surface area contributed by atoms with Crippen molar-refractivity contribution in [1.82, 2.24) is 14.9 Å². The molecule has 92 valence electrons. The molecule has 4 heteroatoms. The molecule has 2 fully saturated rings. The maximum atomic E-state index is 5.61. The molecule has 1 aromatic rings. The van der Waals surface area contributed by atoms with Crippen LogP contribution in [0.25, 0.3) is 0 Å². The molecule has 0 aromatic carbocycles. The predicted molar refractivity (Wildman–Crippen MR) is 65.1 cm³/mol. The quantitative estimate of drug-likeness (QED) is 0.796. The largest absolute Gasteiger partial charge is 0.474 e. The molecule has 0 radical (unpaired) electrons. The summed E-state index contributed by atoms with van der Waals surface area (Å²) in [6.07, 6.45) is 5.07. The Balaban J connectivity index is 1.79. The van der Waals surface area contributed by atoms with E-state index in [2.05, 4.69) is 14.9 Å². The van der Waals surface area contributed by atoms with E-state index in [4.69, 9.17) is 4.74 Å². The van der Waals surface area contributed by atoms with Crippen molar-refractivity contribution in [2.45, 2.75) is 32.3 Å². The van der Waals surface area contributed by atoms with E-state index in [1.165, 1.54) is 19.5 Å². The van der Waals surface area contributed by atoms with Crippen LogP contribution in [-0.4, -0.2) is 40.6 Å². The van der Waals surface area contributed by atoms with Crippen LogP contribution in [0.2, 0.25) is 0 Å². The molecule has 0 spiro atoms. The van der Waals surface area contributed by atoms with Gasteiger partial charge in [0.2, 0.25) is 5.88 Å². The van der Waals surface area contributed by atoms with E-state index < -0.39 is 0 Å². The zero-order valence-electron chi connectivity index (χ0n) is 10.5. The van der Waals surface area contributed by atoms with Crippen LogP contribution in [0.1, 0.15) is 31.9 Å². The number of nitrogens with zero attached hydrogens (tertiary/aromatic N) is 3. The van der Waals surface area contributed by atoms with Gasteiger partial charge in [0.05, 0.1) is 18.0 Å². The first-order valence-corrected chi connectivity index (χ1v) is 6.43. The molecule has 1 aromatic heterocycles. The van der Waals surface area contributed by atoms with Gasteiger partial charge in [-0.05, 0) is 32.7 Å². The summed E-state index contributed by atoms with van der Waals surface area (Å²) in [6.45, 7) is 7.66. The van der Waals surface area contributed by atoms with E-state index in [0.29, 0.717) is 11.8 Å². The number of hydrogen-bond acceptors (Lipinski definition) is 4. The molecule has 2 aliphatic rings. The van der Waals surface area contributed by atoms with Crippen molar-refractivity contribution in [1.29, 1.82) is 0 Å². The lowest BCUT2D eigenvalue weighted by molar-refractivity contribution is 0.229. The highest BCUT2D eigenvalue weighted by Gasteiger charge is 2.39. The minimum Gasteiger partial charge on any atom is -0.474 e. The van der Waals surface area contributed by atoms with Crippen molar-refractivity contribution >= 4 is 0 Å². The maximum absolute atomic E-state index is 5.61. The molecule has 0 amide bonds. The highest BCUT2D eigenvalue weighted by atomic mass is 16.5. The van der Waals surface area contributed by atoms with E-state index >= 15 is 0 Å². The number of aromatic nitrogens is 2. The molecule has 0 N–H and O–H groups in total. The van der Waals surface area contributed by atoms with Crippen molar-refractivity contribution in [3.05, 3.63) is 18.1 Å². The molecule has 3 heterocycles. The lowest BCUT2D eigenvalue weighted by Crippen LogP contribution is -2.23. The van der Waals surface area contributed by atoms with E-state index in [1.807, 2.05) is 20.0 Å². The summed E-state index contributed by atoms with van der Waals surface area (Å²) in [5.41, 5.74) is 1.11. The monoisotopic (exact) mass is 233 g/mol. The van der Waals surface area contributed by atoms with Crippen molar-refractivity contribution in [2.75, 3.05) is 19.6 Å². The van der Waals surface area contributed by atoms with Gasteiger partial charge in [0.25, 0.3) is 0 Å². The van der Waals surface area contributed by atoms with Gasteiger partial charge in [0, 0.05) is 25.2 Å². The zero-order chi connectivity index (χ0) is 11.8. The van der Waals surface area contributed by atoms with E-state index in [0.717, 1.165) is 18.2 Å². The fourth-order valence-corrected chi connectivity index (χ4v) is 2.96. The summed E-state index contributed by atoms with van der Waals surface area (Å²) in [5.74, 6) is 2.00. The Morgan fingerprint density at radius 2 is 2.24 bits per heavy atom. The van der Waals surface area contributed by atoms with Gasteiger partial charge < -0.3 is 9.64 Å². The molecule has 3 atom stereocenters. The molecule has 3 rings (SSSR count). The zero-order valence-corrected chi connectivity index (χ0v) is 10.5. The standard InChI is InChI=1S/C13H19N3O/c1-9(2)17-13-6-14-5-12(15-13)11-8-16-4-3-10(11)7-16/h5-6,9-11H,3-4,7-8H2,1-2H3/t10-,11-/m1/s1. The van der Waals surface area contributed by atoms with Gasteiger partial charge in [-0.3, -0.25) is 4.98 Å². The lowest BCUT2D eigenvalue weighted by atomic mass is 9.90. The number of fused-ring (bicyclic) bond motifs is 2. The fraction of sp³-hybridized carbons (Fsp3) is 0.692. The second-order valence-corrected chi connectivity index (χ2v) is 5.36. The van der Waals surface area contributed by atoms with Crippen LogP contribution in [0.3, 0.4) is 0 Å². The Hall–Kier alpha value is -1.16. The molecular formula is C13H19N3O. The van der Waals surface area contributed by atoms with Crippen molar-refractivity contribution in [3.63, 3.8) is 0 Å². The van der Waals surface area contributed by atoms with Crippen LogP contribution in [0.5, 0.6) is 5.88 Å². The Morgan fingerprint density at radius 1 is 1.35 bits per heavy atom. The average molecular weight is 233 g/mol. The summed E-state index contributed by atoms with van der Waals surface area (Å²) in [7, 11) is 0. The Morgan fingerprint density at radius 3 is 2.88 bits per heavy atom. The van der Waals surface area contributed by atoms with Gasteiger partial charge in [0.1, 0.15) is 0 Å². The summed E-state index contributed by atoms with van der Waals surface area (Å²) < 4.78 is 5.61. The second-order valence-electron chi connectivity index (χ2n) is 5.36. The van der Waals surface area contributed by atoms with Gasteiger partial charge in [-0.25, -0.2) is 4.98 Å². The van der Waals surface area contributed by atoms with Crippen LogP contribution in [-0.2, 0) is 0 Å². The smallest absolute Gasteiger partial charge is 0.232 e. The molecule has 17 heavy (non-hydrogen) atoms. The van der Waals surface area contributed by atoms with Crippen LogP contribution in [0.15, 0.2) is 12.4 Å². The first-order valence-electron chi connectivity index (χ1n) is 6.43. The second kappa shape index (κ2) is 4.26. The Kier molecular flexibility index (Phi) is 2.74. The van der Waals surface area contributed by atoms with Gasteiger partial charge in [-0.15, -0.1) is 0 Å². The first-order chi connectivity index (χ1) is 8.22. The average Bonchev–Trinajstić information content (AvgIpc) is 2.90. The molecule has 0 saturated carbocycles. The third-order valence-electron chi connectivity index (χ3n) is 3.70. The number of hydrogen-bond donors (Lipinski definition) is 0. The van der Waals surface area contributed by atoms with E-state index in [9.17, 15) is 0 Å². The number of piperidine rings is 1. The molecular weight excluding hydrogens is 214 g/mol. The summed E-state index contributed by atoms with van der Waals surface area (Å²) in [6, 6.07) is 0. The minimum absolute atomic E-state index is 0.156.